The number of nitrogens with zero attached hydrogens (tertiary/aromatic N) is 2. The lowest BCUT2D eigenvalue weighted by Crippen LogP contribution is -2.52. The molecule has 0 radical (unpaired) electrons. The van der Waals surface area contributed by atoms with Crippen LogP contribution in [0.3, 0.4) is 0 Å². The molecule has 4 unspecified atom stereocenters. The fourth-order valence-electron chi connectivity index (χ4n) is 4.56. The van der Waals surface area contributed by atoms with E-state index in [0.717, 1.165) is 12.5 Å². The summed E-state index contributed by atoms with van der Waals surface area (Å²) in [4.78, 5) is 5.30. The summed E-state index contributed by atoms with van der Waals surface area (Å²) in [7, 11) is 2.26. The fraction of sp³-hybridized carbons (Fsp3) is 1.00. The summed E-state index contributed by atoms with van der Waals surface area (Å²) in [6, 6.07) is 1.37. The smallest absolute Gasteiger partial charge is 0.0197 e. The van der Waals surface area contributed by atoms with Crippen LogP contribution in [-0.4, -0.2) is 55.1 Å². The maximum atomic E-state index is 6.13. The molecule has 0 bridgehead atoms. The third kappa shape index (κ3) is 4.20. The molecule has 2 aliphatic rings. The summed E-state index contributed by atoms with van der Waals surface area (Å²) in [5.74, 6) is 1.55. The lowest BCUT2D eigenvalue weighted by molar-refractivity contribution is 0.0258. The highest BCUT2D eigenvalue weighted by atomic mass is 15.3. The van der Waals surface area contributed by atoms with E-state index in [1.54, 1.807) is 0 Å². The second-order valence-electron chi connectivity index (χ2n) is 8.64. The van der Waals surface area contributed by atoms with E-state index in [1.807, 2.05) is 0 Å². The van der Waals surface area contributed by atoms with Crippen molar-refractivity contribution in [3.8, 4) is 0 Å². The van der Waals surface area contributed by atoms with Gasteiger partial charge in [-0.25, -0.2) is 0 Å². The molecule has 2 fully saturated rings. The quantitative estimate of drug-likeness (QED) is 0.850. The average molecular weight is 296 g/mol. The molecular weight excluding hydrogens is 258 g/mol. The first-order chi connectivity index (χ1) is 9.82. The van der Waals surface area contributed by atoms with Crippen LogP contribution < -0.4 is 5.73 Å². The number of hydrogen-bond donors (Lipinski definition) is 1. The molecule has 0 aromatic carbocycles. The van der Waals surface area contributed by atoms with E-state index < -0.39 is 0 Å². The third-order valence-corrected chi connectivity index (χ3v) is 6.01. The number of rotatable bonds is 2. The Kier molecular flexibility index (Phi) is 5.72. The maximum Gasteiger partial charge on any atom is 0.0197 e. The van der Waals surface area contributed by atoms with E-state index in [4.69, 9.17) is 5.73 Å². The molecule has 1 aliphatic carbocycles. The SMILES string of the molecule is CC1CN(C)CCCN1C1CC(C(C)(C)C)CCC1CN. The molecule has 3 nitrogen and oxygen atoms in total. The molecule has 2 rings (SSSR count). The van der Waals surface area contributed by atoms with Crippen molar-refractivity contribution in [2.24, 2.45) is 23.0 Å². The summed E-state index contributed by atoms with van der Waals surface area (Å²) in [5.41, 5.74) is 6.56. The fourth-order valence-corrected chi connectivity index (χ4v) is 4.56. The van der Waals surface area contributed by atoms with Crippen LogP contribution in [0, 0.1) is 17.3 Å². The monoisotopic (exact) mass is 295 g/mol. The molecule has 3 heteroatoms. The molecule has 1 heterocycles. The number of hydrogen-bond acceptors (Lipinski definition) is 3. The van der Waals surface area contributed by atoms with Crippen molar-refractivity contribution in [2.45, 2.75) is 65.5 Å². The molecule has 1 saturated carbocycles. The van der Waals surface area contributed by atoms with E-state index in [0.29, 0.717) is 23.4 Å². The van der Waals surface area contributed by atoms with Gasteiger partial charge in [-0.3, -0.25) is 4.90 Å². The Morgan fingerprint density at radius 2 is 1.86 bits per heavy atom. The first-order valence-corrected chi connectivity index (χ1v) is 8.97. The molecule has 2 N–H and O–H groups in total. The van der Waals surface area contributed by atoms with Gasteiger partial charge in [-0.05, 0) is 76.5 Å². The highest BCUT2D eigenvalue weighted by Gasteiger charge is 2.39. The summed E-state index contributed by atoms with van der Waals surface area (Å²) < 4.78 is 0. The van der Waals surface area contributed by atoms with Gasteiger partial charge < -0.3 is 10.6 Å². The predicted molar refractivity (Wildman–Crippen MR) is 91.4 cm³/mol. The van der Waals surface area contributed by atoms with Crippen molar-refractivity contribution < 1.29 is 0 Å². The van der Waals surface area contributed by atoms with Gasteiger partial charge >= 0.3 is 0 Å². The first-order valence-electron chi connectivity index (χ1n) is 8.97. The van der Waals surface area contributed by atoms with Crippen LogP contribution in [0.25, 0.3) is 0 Å². The molecule has 0 aromatic heterocycles. The molecule has 1 saturated heterocycles. The van der Waals surface area contributed by atoms with Crippen molar-refractivity contribution in [3.05, 3.63) is 0 Å². The molecule has 4 atom stereocenters. The van der Waals surface area contributed by atoms with E-state index in [9.17, 15) is 0 Å². The molecule has 0 amide bonds. The Labute approximate surface area is 132 Å². The lowest BCUT2D eigenvalue weighted by Gasteiger charge is -2.47. The Hall–Kier alpha value is -0.120. The van der Waals surface area contributed by atoms with Crippen LogP contribution >= 0.6 is 0 Å². The third-order valence-electron chi connectivity index (χ3n) is 6.01. The highest BCUT2D eigenvalue weighted by Crippen LogP contribution is 2.42. The summed E-state index contributed by atoms with van der Waals surface area (Å²) in [5, 5.41) is 0. The van der Waals surface area contributed by atoms with Crippen molar-refractivity contribution in [2.75, 3.05) is 33.2 Å². The minimum absolute atomic E-state index is 0.434. The Morgan fingerprint density at radius 3 is 2.48 bits per heavy atom. The number of nitrogens with two attached hydrogens (primary N) is 1. The van der Waals surface area contributed by atoms with Crippen LogP contribution in [-0.2, 0) is 0 Å². The van der Waals surface area contributed by atoms with Crippen molar-refractivity contribution in [1.82, 2.24) is 9.80 Å². The Bertz CT molecular complexity index is 323. The van der Waals surface area contributed by atoms with Gasteiger partial charge in [-0.2, -0.15) is 0 Å². The van der Waals surface area contributed by atoms with E-state index in [1.165, 1.54) is 45.3 Å². The van der Waals surface area contributed by atoms with Gasteiger partial charge in [0.2, 0.25) is 0 Å². The van der Waals surface area contributed by atoms with Crippen LogP contribution in [0.15, 0.2) is 0 Å². The second-order valence-corrected chi connectivity index (χ2v) is 8.64. The molecule has 124 valence electrons. The van der Waals surface area contributed by atoms with Gasteiger partial charge in [0.15, 0.2) is 0 Å². The van der Waals surface area contributed by atoms with Gasteiger partial charge in [0.25, 0.3) is 0 Å². The van der Waals surface area contributed by atoms with Gasteiger partial charge in [0.05, 0.1) is 0 Å². The topological polar surface area (TPSA) is 32.5 Å². The summed E-state index contributed by atoms with van der Waals surface area (Å²) in [6.45, 7) is 14.2. The standard InChI is InChI=1S/C18H37N3/c1-14-13-20(5)9-6-10-21(14)17-11-16(18(2,3)4)8-7-15(17)12-19/h14-17H,6-13,19H2,1-5H3. The lowest BCUT2D eigenvalue weighted by atomic mass is 9.67. The van der Waals surface area contributed by atoms with Crippen LogP contribution in [0.1, 0.15) is 53.4 Å². The zero-order valence-corrected chi connectivity index (χ0v) is 14.9. The molecule has 21 heavy (non-hydrogen) atoms. The van der Waals surface area contributed by atoms with Crippen molar-refractivity contribution in [1.29, 1.82) is 0 Å². The van der Waals surface area contributed by atoms with Gasteiger partial charge in [0, 0.05) is 18.6 Å². The minimum Gasteiger partial charge on any atom is -0.330 e. The minimum atomic E-state index is 0.434. The maximum absolute atomic E-state index is 6.13. The largest absolute Gasteiger partial charge is 0.330 e. The van der Waals surface area contributed by atoms with E-state index in [-0.39, 0.29) is 0 Å². The van der Waals surface area contributed by atoms with Crippen LogP contribution in [0.2, 0.25) is 0 Å². The zero-order chi connectivity index (χ0) is 15.6. The van der Waals surface area contributed by atoms with Crippen molar-refractivity contribution in [3.63, 3.8) is 0 Å². The van der Waals surface area contributed by atoms with Gasteiger partial charge in [-0.1, -0.05) is 20.8 Å². The van der Waals surface area contributed by atoms with Crippen molar-refractivity contribution >= 4 is 0 Å². The van der Waals surface area contributed by atoms with E-state index >= 15 is 0 Å². The zero-order valence-electron chi connectivity index (χ0n) is 14.9. The van der Waals surface area contributed by atoms with E-state index in [2.05, 4.69) is 44.5 Å². The highest BCUT2D eigenvalue weighted by molar-refractivity contribution is 4.93. The Balaban J connectivity index is 2.12. The van der Waals surface area contributed by atoms with Gasteiger partial charge in [0.1, 0.15) is 0 Å². The van der Waals surface area contributed by atoms with Crippen LogP contribution in [0.4, 0.5) is 0 Å². The first kappa shape index (κ1) is 17.2. The summed E-state index contributed by atoms with van der Waals surface area (Å²) >= 11 is 0. The second kappa shape index (κ2) is 6.97. The van der Waals surface area contributed by atoms with Crippen LogP contribution in [0.5, 0.6) is 0 Å². The summed E-state index contributed by atoms with van der Waals surface area (Å²) in [6.07, 6.45) is 5.33. The molecule has 0 aromatic rings. The normalized spacial score (nSPS) is 37.4. The average Bonchev–Trinajstić information content (AvgIpc) is 2.57. The molecular formula is C18H37N3. The molecule has 0 spiro atoms. The number of likely N-dealkylation sites (N-methyl/N-ethyl adjacent to an activating group) is 1. The predicted octanol–water partition coefficient (Wildman–Crippen LogP) is 2.80. The Morgan fingerprint density at radius 1 is 1.14 bits per heavy atom. The van der Waals surface area contributed by atoms with Gasteiger partial charge in [-0.15, -0.1) is 0 Å². The molecule has 1 aliphatic heterocycles.